The monoisotopic (exact) mass is 262 g/mol. The summed E-state index contributed by atoms with van der Waals surface area (Å²) in [5.41, 5.74) is -0.535. The zero-order valence-electron chi connectivity index (χ0n) is 9.90. The van der Waals surface area contributed by atoms with Crippen LogP contribution in [0.2, 0.25) is 0 Å². The third kappa shape index (κ3) is 2.51. The first-order valence-electron chi connectivity index (χ1n) is 5.26. The number of nitrogens with one attached hydrogen (secondary N) is 1. The summed E-state index contributed by atoms with van der Waals surface area (Å²) >= 11 is 0. The molecule has 0 saturated carbocycles. The molecule has 1 aromatic carbocycles. The lowest BCUT2D eigenvalue weighted by molar-refractivity contribution is -0.384. The zero-order chi connectivity index (χ0) is 14.0. The summed E-state index contributed by atoms with van der Waals surface area (Å²) in [6.45, 7) is 0. The molecule has 0 spiro atoms. The topological polar surface area (TPSA) is 110 Å². The molecule has 8 nitrogen and oxygen atoms in total. The minimum Gasteiger partial charge on any atom is -0.505 e. The van der Waals surface area contributed by atoms with Crippen molar-refractivity contribution in [2.45, 2.75) is 0 Å². The number of hydrogen-bond donors (Lipinski definition) is 2. The molecule has 0 aliphatic carbocycles. The van der Waals surface area contributed by atoms with Gasteiger partial charge in [-0.05, 0) is 12.1 Å². The molecule has 2 aromatic rings. The van der Waals surface area contributed by atoms with Crippen LogP contribution in [0.4, 0.5) is 11.4 Å². The molecule has 19 heavy (non-hydrogen) atoms. The summed E-state index contributed by atoms with van der Waals surface area (Å²) in [5, 5.41) is 26.6. The lowest BCUT2D eigenvalue weighted by Gasteiger charge is -2.06. The largest absolute Gasteiger partial charge is 0.505 e. The number of carbonyl (C=O) groups is 1. The maximum atomic E-state index is 11.8. The number of para-hydroxylation sites is 1. The molecule has 0 bridgehead atoms. The molecule has 0 aliphatic heterocycles. The van der Waals surface area contributed by atoms with Gasteiger partial charge in [0.15, 0.2) is 11.4 Å². The summed E-state index contributed by atoms with van der Waals surface area (Å²) in [6.07, 6.45) is 1.56. The summed E-state index contributed by atoms with van der Waals surface area (Å²) in [6, 6.07) is 5.22. The number of anilines is 1. The van der Waals surface area contributed by atoms with Crippen LogP contribution in [0.1, 0.15) is 10.5 Å². The Hall–Kier alpha value is -2.90. The van der Waals surface area contributed by atoms with E-state index < -0.39 is 10.8 Å². The quantitative estimate of drug-likeness (QED) is 0.492. The van der Waals surface area contributed by atoms with E-state index in [2.05, 4.69) is 10.4 Å². The molecule has 2 N–H and O–H groups in total. The maximum Gasteiger partial charge on any atom is 0.296 e. The van der Waals surface area contributed by atoms with Gasteiger partial charge < -0.3 is 10.4 Å². The molecule has 1 aromatic heterocycles. The highest BCUT2D eigenvalue weighted by Crippen LogP contribution is 2.33. The van der Waals surface area contributed by atoms with Crippen LogP contribution >= 0.6 is 0 Å². The fraction of sp³-hybridized carbons (Fsp3) is 0.0909. The lowest BCUT2D eigenvalue weighted by Crippen LogP contribution is -2.14. The molecule has 0 atom stereocenters. The predicted molar refractivity (Wildman–Crippen MR) is 65.9 cm³/mol. The van der Waals surface area contributed by atoms with Gasteiger partial charge in [0, 0.05) is 19.3 Å². The van der Waals surface area contributed by atoms with Gasteiger partial charge in [0.2, 0.25) is 0 Å². The van der Waals surface area contributed by atoms with Gasteiger partial charge in [-0.25, -0.2) is 0 Å². The number of rotatable bonds is 3. The normalized spacial score (nSPS) is 10.2. The number of phenols is 1. The molecular weight excluding hydrogens is 252 g/mol. The van der Waals surface area contributed by atoms with E-state index >= 15 is 0 Å². The van der Waals surface area contributed by atoms with Gasteiger partial charge in [0.25, 0.3) is 11.6 Å². The van der Waals surface area contributed by atoms with Gasteiger partial charge in [-0.1, -0.05) is 6.07 Å². The molecular formula is C11H10N4O4. The molecule has 0 radical (unpaired) electrons. The van der Waals surface area contributed by atoms with Crippen molar-refractivity contribution in [3.63, 3.8) is 0 Å². The summed E-state index contributed by atoms with van der Waals surface area (Å²) in [5.74, 6) is -1.01. The van der Waals surface area contributed by atoms with E-state index in [1.807, 2.05) is 0 Å². The Morgan fingerprint density at radius 1 is 1.47 bits per heavy atom. The Bertz CT molecular complexity index is 650. The smallest absolute Gasteiger partial charge is 0.296 e. The average Bonchev–Trinajstić information content (AvgIpc) is 2.78. The van der Waals surface area contributed by atoms with Gasteiger partial charge >= 0.3 is 0 Å². The maximum absolute atomic E-state index is 11.8. The van der Waals surface area contributed by atoms with E-state index in [4.69, 9.17) is 0 Å². The van der Waals surface area contributed by atoms with Crippen LogP contribution in [0.5, 0.6) is 5.75 Å². The van der Waals surface area contributed by atoms with Crippen LogP contribution in [0.3, 0.4) is 0 Å². The molecule has 8 heteroatoms. The van der Waals surface area contributed by atoms with Crippen LogP contribution in [-0.4, -0.2) is 25.7 Å². The number of hydrogen-bond acceptors (Lipinski definition) is 5. The van der Waals surface area contributed by atoms with E-state index in [1.54, 1.807) is 13.2 Å². The number of benzene rings is 1. The number of phenolic OH excluding ortho intramolecular Hbond substituents is 1. The number of aromatic nitrogens is 2. The van der Waals surface area contributed by atoms with E-state index in [1.165, 1.54) is 28.9 Å². The van der Waals surface area contributed by atoms with Crippen molar-refractivity contribution in [1.29, 1.82) is 0 Å². The van der Waals surface area contributed by atoms with Crippen LogP contribution in [-0.2, 0) is 7.05 Å². The third-order valence-corrected chi connectivity index (χ3v) is 2.40. The van der Waals surface area contributed by atoms with Crippen molar-refractivity contribution in [3.05, 3.63) is 46.3 Å². The summed E-state index contributed by atoms with van der Waals surface area (Å²) in [7, 11) is 1.64. The second kappa shape index (κ2) is 4.77. The van der Waals surface area contributed by atoms with Gasteiger partial charge in [0.05, 0.1) is 4.92 Å². The third-order valence-electron chi connectivity index (χ3n) is 2.40. The number of amides is 1. The van der Waals surface area contributed by atoms with Crippen molar-refractivity contribution in [3.8, 4) is 5.75 Å². The zero-order valence-corrected chi connectivity index (χ0v) is 9.90. The second-order valence-electron chi connectivity index (χ2n) is 3.76. The first kappa shape index (κ1) is 12.6. The highest BCUT2D eigenvalue weighted by molar-refractivity contribution is 6.05. The van der Waals surface area contributed by atoms with Gasteiger partial charge in [-0.3, -0.25) is 19.6 Å². The lowest BCUT2D eigenvalue weighted by atomic mass is 10.2. The van der Waals surface area contributed by atoms with Crippen LogP contribution in [0.25, 0.3) is 0 Å². The van der Waals surface area contributed by atoms with Crippen LogP contribution in [0.15, 0.2) is 30.5 Å². The minimum atomic E-state index is -0.687. The van der Waals surface area contributed by atoms with Gasteiger partial charge in [-0.2, -0.15) is 5.10 Å². The van der Waals surface area contributed by atoms with Crippen molar-refractivity contribution in [2.24, 2.45) is 7.05 Å². The highest BCUT2D eigenvalue weighted by Gasteiger charge is 2.20. The number of nitro groups is 1. The first-order chi connectivity index (χ1) is 8.99. The van der Waals surface area contributed by atoms with Gasteiger partial charge in [-0.15, -0.1) is 0 Å². The predicted octanol–water partition coefficient (Wildman–Crippen LogP) is 1.29. The Morgan fingerprint density at radius 2 is 2.21 bits per heavy atom. The molecule has 0 aliphatic rings. The van der Waals surface area contributed by atoms with Crippen LogP contribution < -0.4 is 5.32 Å². The number of aryl methyl sites for hydroxylation is 1. The van der Waals surface area contributed by atoms with Gasteiger partial charge in [0.1, 0.15) is 5.75 Å². The number of carbonyl (C=O) groups excluding carboxylic acids is 1. The summed E-state index contributed by atoms with van der Waals surface area (Å²) in [4.78, 5) is 22.0. The van der Waals surface area contributed by atoms with E-state index in [0.29, 0.717) is 0 Å². The highest BCUT2D eigenvalue weighted by atomic mass is 16.6. The fourth-order valence-corrected chi connectivity index (χ4v) is 1.52. The van der Waals surface area contributed by atoms with Crippen molar-refractivity contribution in [2.75, 3.05) is 5.32 Å². The van der Waals surface area contributed by atoms with E-state index in [9.17, 15) is 20.0 Å². The SMILES string of the molecule is Cn1ccc(C(=O)Nc2c(O)cccc2[N+](=O)[O-])n1. The summed E-state index contributed by atoms with van der Waals surface area (Å²) < 4.78 is 1.42. The molecule has 0 fully saturated rings. The molecule has 98 valence electrons. The van der Waals surface area contributed by atoms with E-state index in [0.717, 1.165) is 0 Å². The molecule has 1 heterocycles. The van der Waals surface area contributed by atoms with Crippen molar-refractivity contribution >= 4 is 17.3 Å². The minimum absolute atomic E-state index is 0.0973. The average molecular weight is 262 g/mol. The first-order valence-corrected chi connectivity index (χ1v) is 5.26. The molecule has 0 unspecified atom stereocenters. The Morgan fingerprint density at radius 3 is 2.79 bits per heavy atom. The van der Waals surface area contributed by atoms with E-state index in [-0.39, 0.29) is 22.8 Å². The second-order valence-corrected chi connectivity index (χ2v) is 3.76. The molecule has 1 amide bonds. The number of nitro benzene ring substituents is 1. The molecule has 0 saturated heterocycles. The number of nitrogens with zero attached hydrogens (tertiary/aromatic N) is 3. The Balaban J connectivity index is 2.33. The van der Waals surface area contributed by atoms with Crippen molar-refractivity contribution in [1.82, 2.24) is 9.78 Å². The molecule has 2 rings (SSSR count). The fourth-order valence-electron chi connectivity index (χ4n) is 1.52. The number of aromatic hydroxyl groups is 1. The Kier molecular flexibility index (Phi) is 3.15. The Labute approximate surface area is 107 Å². The standard InChI is InChI=1S/C11H10N4O4/c1-14-6-5-7(13-14)11(17)12-10-8(15(18)19)3-2-4-9(10)16/h2-6,16H,1H3,(H,12,17). The van der Waals surface area contributed by atoms with Crippen LogP contribution in [0, 0.1) is 10.1 Å². The van der Waals surface area contributed by atoms with Crippen molar-refractivity contribution < 1.29 is 14.8 Å².